The standard InChI is InChI=1S/C15H22FN3O/c1-10-3-4-11(2)19(8-10)9-13-6-5-12(7-14(13)16)15(17)18-20/h5-7,10-11,20H,3-4,8-9H2,1-2H3,(H2,17,18). The van der Waals surface area contributed by atoms with Crippen LogP contribution in [-0.4, -0.2) is 28.5 Å². The second kappa shape index (κ2) is 6.22. The van der Waals surface area contributed by atoms with Crippen molar-refractivity contribution in [1.82, 2.24) is 4.90 Å². The Morgan fingerprint density at radius 3 is 2.85 bits per heavy atom. The van der Waals surface area contributed by atoms with E-state index in [1.165, 1.54) is 12.5 Å². The Labute approximate surface area is 119 Å². The Morgan fingerprint density at radius 1 is 1.45 bits per heavy atom. The predicted molar refractivity (Wildman–Crippen MR) is 77.2 cm³/mol. The fourth-order valence-electron chi connectivity index (χ4n) is 2.71. The van der Waals surface area contributed by atoms with E-state index in [9.17, 15) is 4.39 Å². The van der Waals surface area contributed by atoms with E-state index in [1.54, 1.807) is 12.1 Å². The molecule has 3 N–H and O–H groups in total. The highest BCUT2D eigenvalue weighted by Gasteiger charge is 2.23. The van der Waals surface area contributed by atoms with E-state index in [2.05, 4.69) is 23.9 Å². The zero-order valence-corrected chi connectivity index (χ0v) is 12.0. The molecule has 0 spiro atoms. The summed E-state index contributed by atoms with van der Waals surface area (Å²) >= 11 is 0. The van der Waals surface area contributed by atoms with Crippen molar-refractivity contribution in [1.29, 1.82) is 0 Å². The minimum atomic E-state index is -0.306. The number of benzene rings is 1. The molecule has 1 aromatic rings. The van der Waals surface area contributed by atoms with Crippen molar-refractivity contribution in [2.24, 2.45) is 16.8 Å². The summed E-state index contributed by atoms with van der Waals surface area (Å²) < 4.78 is 14.1. The van der Waals surface area contributed by atoms with Gasteiger partial charge in [-0.3, -0.25) is 4.90 Å². The Hall–Kier alpha value is -1.62. The van der Waals surface area contributed by atoms with Gasteiger partial charge >= 0.3 is 0 Å². The fourth-order valence-corrected chi connectivity index (χ4v) is 2.71. The number of piperidine rings is 1. The third kappa shape index (κ3) is 3.28. The molecule has 1 aromatic carbocycles. The molecule has 2 atom stereocenters. The quantitative estimate of drug-likeness (QED) is 0.387. The molecule has 0 saturated carbocycles. The van der Waals surface area contributed by atoms with Crippen LogP contribution in [0.3, 0.4) is 0 Å². The molecule has 1 aliphatic heterocycles. The molecule has 0 radical (unpaired) electrons. The van der Waals surface area contributed by atoms with Crippen molar-refractivity contribution < 1.29 is 9.60 Å². The first-order chi connectivity index (χ1) is 9.51. The molecule has 4 nitrogen and oxygen atoms in total. The topological polar surface area (TPSA) is 61.8 Å². The van der Waals surface area contributed by atoms with Gasteiger partial charge in [0.05, 0.1) is 0 Å². The SMILES string of the molecule is CC1CCC(C)N(Cc2ccc(C(N)=NO)cc2F)C1. The van der Waals surface area contributed by atoms with Crippen LogP contribution in [0.15, 0.2) is 23.4 Å². The zero-order chi connectivity index (χ0) is 14.7. The van der Waals surface area contributed by atoms with Gasteiger partial charge in [-0.15, -0.1) is 0 Å². The van der Waals surface area contributed by atoms with Crippen molar-refractivity contribution in [3.8, 4) is 0 Å². The van der Waals surface area contributed by atoms with Gasteiger partial charge in [-0.1, -0.05) is 24.2 Å². The lowest BCUT2D eigenvalue weighted by atomic mass is 9.94. The summed E-state index contributed by atoms with van der Waals surface area (Å²) in [5, 5.41) is 11.5. The fraction of sp³-hybridized carbons (Fsp3) is 0.533. The van der Waals surface area contributed by atoms with Crippen LogP contribution >= 0.6 is 0 Å². The molecule has 1 fully saturated rings. The first-order valence-electron chi connectivity index (χ1n) is 7.01. The maximum absolute atomic E-state index is 14.1. The number of rotatable bonds is 3. The van der Waals surface area contributed by atoms with Gasteiger partial charge in [-0.25, -0.2) is 4.39 Å². The predicted octanol–water partition coefficient (Wildman–Crippen LogP) is 2.54. The average Bonchev–Trinajstić information content (AvgIpc) is 2.44. The maximum Gasteiger partial charge on any atom is 0.170 e. The molecule has 110 valence electrons. The second-order valence-electron chi connectivity index (χ2n) is 5.75. The highest BCUT2D eigenvalue weighted by atomic mass is 19.1. The minimum Gasteiger partial charge on any atom is -0.409 e. The lowest BCUT2D eigenvalue weighted by Gasteiger charge is -2.36. The molecular formula is C15H22FN3O. The summed E-state index contributed by atoms with van der Waals surface area (Å²) in [5.74, 6) is 0.278. The molecule has 2 rings (SSSR count). The highest BCUT2D eigenvalue weighted by Crippen LogP contribution is 2.24. The summed E-state index contributed by atoms with van der Waals surface area (Å²) in [6.07, 6.45) is 2.40. The molecule has 0 aliphatic carbocycles. The van der Waals surface area contributed by atoms with Gasteiger partial charge in [0, 0.05) is 30.3 Å². The largest absolute Gasteiger partial charge is 0.409 e. The smallest absolute Gasteiger partial charge is 0.170 e. The van der Waals surface area contributed by atoms with E-state index in [1.807, 2.05) is 0 Å². The number of oxime groups is 1. The van der Waals surface area contributed by atoms with E-state index in [0.717, 1.165) is 13.0 Å². The molecular weight excluding hydrogens is 257 g/mol. The van der Waals surface area contributed by atoms with E-state index in [-0.39, 0.29) is 11.7 Å². The Kier molecular flexibility index (Phi) is 4.60. The number of halogens is 1. The maximum atomic E-state index is 14.1. The summed E-state index contributed by atoms with van der Waals surface area (Å²) in [6.45, 7) is 6.03. The lowest BCUT2D eigenvalue weighted by Crippen LogP contribution is -2.40. The molecule has 1 heterocycles. The van der Waals surface area contributed by atoms with Crippen LogP contribution in [-0.2, 0) is 6.54 Å². The molecule has 1 saturated heterocycles. The molecule has 1 aliphatic rings. The van der Waals surface area contributed by atoms with Crippen LogP contribution in [0.4, 0.5) is 4.39 Å². The average molecular weight is 279 g/mol. The molecule has 20 heavy (non-hydrogen) atoms. The number of nitrogens with zero attached hydrogens (tertiary/aromatic N) is 2. The van der Waals surface area contributed by atoms with Crippen LogP contribution in [0, 0.1) is 11.7 Å². The number of nitrogens with two attached hydrogens (primary N) is 1. The van der Waals surface area contributed by atoms with Crippen molar-refractivity contribution in [2.75, 3.05) is 6.54 Å². The van der Waals surface area contributed by atoms with Gasteiger partial charge in [-0.2, -0.15) is 0 Å². The minimum absolute atomic E-state index is 0.0737. The molecule has 0 bridgehead atoms. The van der Waals surface area contributed by atoms with Crippen LogP contribution in [0.5, 0.6) is 0 Å². The van der Waals surface area contributed by atoms with E-state index < -0.39 is 0 Å². The number of likely N-dealkylation sites (tertiary alicyclic amines) is 1. The van der Waals surface area contributed by atoms with Gasteiger partial charge in [0.2, 0.25) is 0 Å². The van der Waals surface area contributed by atoms with Gasteiger partial charge in [0.1, 0.15) is 5.82 Å². The molecule has 0 aromatic heterocycles. The van der Waals surface area contributed by atoms with Crippen LogP contribution in [0.1, 0.15) is 37.8 Å². The Morgan fingerprint density at radius 2 is 2.20 bits per heavy atom. The number of hydrogen-bond donors (Lipinski definition) is 2. The third-order valence-corrected chi connectivity index (χ3v) is 4.08. The summed E-state index contributed by atoms with van der Waals surface area (Å²) in [4.78, 5) is 2.32. The molecule has 5 heteroatoms. The summed E-state index contributed by atoms with van der Waals surface area (Å²) in [5.41, 5.74) is 6.51. The van der Waals surface area contributed by atoms with Gasteiger partial charge in [-0.05, 0) is 31.7 Å². The summed E-state index contributed by atoms with van der Waals surface area (Å²) in [7, 11) is 0. The normalized spacial score (nSPS) is 24.9. The zero-order valence-electron chi connectivity index (χ0n) is 12.0. The van der Waals surface area contributed by atoms with Crippen LogP contribution < -0.4 is 5.73 Å². The van der Waals surface area contributed by atoms with Gasteiger partial charge < -0.3 is 10.9 Å². The summed E-state index contributed by atoms with van der Waals surface area (Å²) in [6, 6.07) is 5.21. The van der Waals surface area contributed by atoms with Crippen molar-refractivity contribution in [3.63, 3.8) is 0 Å². The molecule has 2 unspecified atom stereocenters. The monoisotopic (exact) mass is 279 g/mol. The molecule has 0 amide bonds. The van der Waals surface area contributed by atoms with Crippen molar-refractivity contribution >= 4 is 5.84 Å². The van der Waals surface area contributed by atoms with Crippen molar-refractivity contribution in [2.45, 2.75) is 39.3 Å². The van der Waals surface area contributed by atoms with Crippen molar-refractivity contribution in [3.05, 3.63) is 35.1 Å². The highest BCUT2D eigenvalue weighted by molar-refractivity contribution is 5.97. The Bertz CT molecular complexity index is 504. The number of hydrogen-bond acceptors (Lipinski definition) is 3. The van der Waals surface area contributed by atoms with E-state index in [4.69, 9.17) is 10.9 Å². The second-order valence-corrected chi connectivity index (χ2v) is 5.75. The van der Waals surface area contributed by atoms with Crippen LogP contribution in [0.25, 0.3) is 0 Å². The lowest BCUT2D eigenvalue weighted by molar-refractivity contribution is 0.116. The first-order valence-corrected chi connectivity index (χ1v) is 7.01. The van der Waals surface area contributed by atoms with Gasteiger partial charge in [0.25, 0.3) is 0 Å². The van der Waals surface area contributed by atoms with E-state index in [0.29, 0.717) is 29.6 Å². The van der Waals surface area contributed by atoms with Crippen LogP contribution in [0.2, 0.25) is 0 Å². The van der Waals surface area contributed by atoms with Gasteiger partial charge in [0.15, 0.2) is 5.84 Å². The Balaban J connectivity index is 2.13. The van der Waals surface area contributed by atoms with E-state index >= 15 is 0 Å². The third-order valence-electron chi connectivity index (χ3n) is 4.08. The first kappa shape index (κ1) is 14.8. The number of amidine groups is 1.